The summed E-state index contributed by atoms with van der Waals surface area (Å²) in [5, 5.41) is 12.6. The Morgan fingerprint density at radius 3 is 2.84 bits per heavy atom. The van der Waals surface area contributed by atoms with Gasteiger partial charge in [-0.2, -0.15) is 0 Å². The zero-order valence-electron chi connectivity index (χ0n) is 11.6. The molecule has 1 aliphatic heterocycles. The number of carboxylic acids is 1. The molecule has 2 N–H and O–H groups in total. The minimum atomic E-state index is -0.832. The minimum Gasteiger partial charge on any atom is -0.491 e. The van der Waals surface area contributed by atoms with Gasteiger partial charge in [-0.1, -0.05) is 13.0 Å². The van der Waals surface area contributed by atoms with Gasteiger partial charge in [0.15, 0.2) is 0 Å². The Bertz CT molecular complexity index is 470. The maximum absolute atomic E-state index is 11.4. The van der Waals surface area contributed by atoms with Crippen LogP contribution in [-0.4, -0.2) is 23.2 Å². The molecule has 0 saturated heterocycles. The average molecular weight is 263 g/mol. The van der Waals surface area contributed by atoms with Gasteiger partial charge in [0, 0.05) is 6.04 Å². The number of rotatable bonds is 4. The third-order valence-corrected chi connectivity index (χ3v) is 3.41. The van der Waals surface area contributed by atoms with Crippen molar-refractivity contribution in [1.82, 2.24) is 5.32 Å². The fourth-order valence-electron chi connectivity index (χ4n) is 2.49. The summed E-state index contributed by atoms with van der Waals surface area (Å²) in [6, 6.07) is 5.37. The van der Waals surface area contributed by atoms with Gasteiger partial charge in [-0.25, -0.2) is 0 Å². The Kier molecular flexibility index (Phi) is 4.10. The molecule has 1 heterocycles. The fraction of sp³-hybridized carbons (Fsp3) is 0.533. The third-order valence-electron chi connectivity index (χ3n) is 3.41. The van der Waals surface area contributed by atoms with Gasteiger partial charge in [-0.05, 0) is 49.9 Å². The summed E-state index contributed by atoms with van der Waals surface area (Å²) < 4.78 is 5.64. The highest BCUT2D eigenvalue weighted by atomic mass is 16.5. The molecule has 2 atom stereocenters. The van der Waals surface area contributed by atoms with Crippen LogP contribution in [0.2, 0.25) is 0 Å². The maximum atomic E-state index is 11.4. The average Bonchev–Trinajstić information content (AvgIpc) is 2.36. The molecule has 104 valence electrons. The molecule has 0 aliphatic carbocycles. The molecular formula is C15H21NO3. The van der Waals surface area contributed by atoms with Crippen molar-refractivity contribution >= 4 is 5.97 Å². The normalized spacial score (nSPS) is 22.1. The van der Waals surface area contributed by atoms with Gasteiger partial charge >= 0.3 is 5.97 Å². The monoisotopic (exact) mass is 263 g/mol. The standard InChI is InChI=1S/C15H21NO3/c1-4-11-7-10-5-6-12(19-9(2)3)8-13(10)14(16-11)15(17)18/h5-6,8-9,11,14,16H,4,7H2,1-3H3,(H,17,18). The zero-order valence-corrected chi connectivity index (χ0v) is 11.6. The van der Waals surface area contributed by atoms with Crippen LogP contribution in [-0.2, 0) is 11.2 Å². The van der Waals surface area contributed by atoms with Gasteiger partial charge < -0.3 is 9.84 Å². The molecule has 1 aromatic rings. The second-order valence-electron chi connectivity index (χ2n) is 5.27. The largest absolute Gasteiger partial charge is 0.491 e. The van der Waals surface area contributed by atoms with Crippen LogP contribution in [0.4, 0.5) is 0 Å². The summed E-state index contributed by atoms with van der Waals surface area (Å²) in [7, 11) is 0. The lowest BCUT2D eigenvalue weighted by molar-refractivity contribution is -0.140. The predicted molar refractivity (Wildman–Crippen MR) is 73.5 cm³/mol. The molecule has 0 amide bonds. The zero-order chi connectivity index (χ0) is 14.0. The van der Waals surface area contributed by atoms with Gasteiger partial charge in [0.2, 0.25) is 0 Å². The summed E-state index contributed by atoms with van der Waals surface area (Å²) in [5.41, 5.74) is 1.93. The number of fused-ring (bicyclic) bond motifs is 1. The topological polar surface area (TPSA) is 58.6 Å². The second kappa shape index (κ2) is 5.61. The lowest BCUT2D eigenvalue weighted by Crippen LogP contribution is -2.42. The van der Waals surface area contributed by atoms with Crippen molar-refractivity contribution in [2.24, 2.45) is 0 Å². The van der Waals surface area contributed by atoms with E-state index in [0.29, 0.717) is 0 Å². The van der Waals surface area contributed by atoms with Crippen molar-refractivity contribution < 1.29 is 14.6 Å². The molecule has 1 aromatic carbocycles. The Hall–Kier alpha value is -1.55. The number of nitrogens with one attached hydrogen (secondary N) is 1. The van der Waals surface area contributed by atoms with Crippen molar-refractivity contribution in [2.45, 2.75) is 51.8 Å². The SMILES string of the molecule is CCC1Cc2ccc(OC(C)C)cc2C(C(=O)O)N1. The molecule has 0 aromatic heterocycles. The quantitative estimate of drug-likeness (QED) is 0.876. The van der Waals surface area contributed by atoms with Gasteiger partial charge in [0.05, 0.1) is 6.10 Å². The van der Waals surface area contributed by atoms with Crippen LogP contribution < -0.4 is 10.1 Å². The van der Waals surface area contributed by atoms with Crippen LogP contribution in [0.15, 0.2) is 18.2 Å². The molecule has 4 heteroatoms. The fourth-order valence-corrected chi connectivity index (χ4v) is 2.49. The highest BCUT2D eigenvalue weighted by Gasteiger charge is 2.30. The van der Waals surface area contributed by atoms with Crippen LogP contribution in [0, 0.1) is 0 Å². The Morgan fingerprint density at radius 2 is 2.26 bits per heavy atom. The molecule has 0 bridgehead atoms. The highest BCUT2D eigenvalue weighted by Crippen LogP contribution is 2.30. The number of carbonyl (C=O) groups is 1. The van der Waals surface area contributed by atoms with Crippen LogP contribution >= 0.6 is 0 Å². The summed E-state index contributed by atoms with van der Waals surface area (Å²) in [5.74, 6) is -0.0992. The van der Waals surface area contributed by atoms with E-state index in [2.05, 4.69) is 12.2 Å². The van der Waals surface area contributed by atoms with Crippen molar-refractivity contribution in [1.29, 1.82) is 0 Å². The summed E-state index contributed by atoms with van der Waals surface area (Å²) >= 11 is 0. The lowest BCUT2D eigenvalue weighted by Gasteiger charge is -2.30. The van der Waals surface area contributed by atoms with Gasteiger partial charge in [-0.15, -0.1) is 0 Å². The van der Waals surface area contributed by atoms with Crippen LogP contribution in [0.5, 0.6) is 5.75 Å². The summed E-state index contributed by atoms with van der Waals surface area (Å²) in [6.07, 6.45) is 1.88. The molecule has 0 radical (unpaired) electrons. The van der Waals surface area contributed by atoms with Gasteiger partial charge in [0.25, 0.3) is 0 Å². The van der Waals surface area contributed by atoms with Crippen LogP contribution in [0.1, 0.15) is 44.4 Å². The number of hydrogen-bond donors (Lipinski definition) is 2. The van der Waals surface area contributed by atoms with Crippen molar-refractivity contribution in [2.75, 3.05) is 0 Å². The lowest BCUT2D eigenvalue weighted by atomic mass is 9.89. The Morgan fingerprint density at radius 1 is 1.53 bits per heavy atom. The highest BCUT2D eigenvalue weighted by molar-refractivity contribution is 5.77. The second-order valence-corrected chi connectivity index (χ2v) is 5.27. The first-order chi connectivity index (χ1) is 9.01. The van der Waals surface area contributed by atoms with E-state index in [1.807, 2.05) is 32.0 Å². The van der Waals surface area contributed by atoms with Crippen LogP contribution in [0.3, 0.4) is 0 Å². The smallest absolute Gasteiger partial charge is 0.325 e. The van der Waals surface area contributed by atoms with E-state index < -0.39 is 12.0 Å². The third kappa shape index (κ3) is 3.07. The number of carboxylic acid groups (broad SMARTS) is 1. The molecule has 0 fully saturated rings. The molecule has 4 nitrogen and oxygen atoms in total. The van der Waals surface area contributed by atoms with E-state index in [1.54, 1.807) is 0 Å². The number of hydrogen-bond acceptors (Lipinski definition) is 3. The Balaban J connectivity index is 2.35. The summed E-state index contributed by atoms with van der Waals surface area (Å²) in [6.45, 7) is 5.98. The van der Waals surface area contributed by atoms with E-state index in [4.69, 9.17) is 4.74 Å². The number of benzene rings is 1. The van der Waals surface area contributed by atoms with Crippen molar-refractivity contribution in [3.63, 3.8) is 0 Å². The molecule has 2 rings (SSSR count). The van der Waals surface area contributed by atoms with Crippen LogP contribution in [0.25, 0.3) is 0 Å². The van der Waals surface area contributed by atoms with Gasteiger partial charge in [0.1, 0.15) is 11.8 Å². The first-order valence-corrected chi connectivity index (χ1v) is 6.79. The Labute approximate surface area is 113 Å². The first-order valence-electron chi connectivity index (χ1n) is 6.79. The molecule has 1 aliphatic rings. The number of ether oxygens (including phenoxy) is 1. The van der Waals surface area contributed by atoms with Crippen molar-refractivity contribution in [3.05, 3.63) is 29.3 Å². The number of aliphatic carboxylic acids is 1. The van der Waals surface area contributed by atoms with E-state index in [-0.39, 0.29) is 12.1 Å². The molecule has 19 heavy (non-hydrogen) atoms. The minimum absolute atomic E-state index is 0.0845. The molecule has 2 unspecified atom stereocenters. The predicted octanol–water partition coefficient (Wildman–Crippen LogP) is 2.52. The first kappa shape index (κ1) is 13.9. The molecule has 0 saturated carbocycles. The van der Waals surface area contributed by atoms with Crippen molar-refractivity contribution in [3.8, 4) is 5.75 Å². The maximum Gasteiger partial charge on any atom is 0.325 e. The molecule has 0 spiro atoms. The van der Waals surface area contributed by atoms with E-state index >= 15 is 0 Å². The molecular weight excluding hydrogens is 242 g/mol. The van der Waals surface area contributed by atoms with E-state index in [0.717, 1.165) is 29.7 Å². The van der Waals surface area contributed by atoms with Gasteiger partial charge in [-0.3, -0.25) is 10.1 Å². The van der Waals surface area contributed by atoms with E-state index in [1.165, 1.54) is 0 Å². The summed E-state index contributed by atoms with van der Waals surface area (Å²) in [4.78, 5) is 11.4. The van der Waals surface area contributed by atoms with E-state index in [9.17, 15) is 9.90 Å².